The molecule has 262 valence electrons. The van der Waals surface area contributed by atoms with E-state index in [1.165, 1.54) is 55.6 Å². The lowest BCUT2D eigenvalue weighted by molar-refractivity contribution is -0.118. The maximum atomic E-state index is 15.9. The molecule has 3 aromatic rings. The van der Waals surface area contributed by atoms with Crippen molar-refractivity contribution in [1.82, 2.24) is 5.32 Å². The van der Waals surface area contributed by atoms with Gasteiger partial charge in [0, 0.05) is 22.5 Å². The van der Waals surface area contributed by atoms with Crippen LogP contribution < -0.4 is 15.4 Å². The summed E-state index contributed by atoms with van der Waals surface area (Å²) in [5.74, 6) is -4.55. The number of nitriles is 1. The first-order valence-corrected chi connectivity index (χ1v) is 17.1. The van der Waals surface area contributed by atoms with Crippen LogP contribution in [0.5, 0.6) is 5.75 Å². The van der Waals surface area contributed by atoms with Crippen LogP contribution in [0.1, 0.15) is 54.6 Å². The van der Waals surface area contributed by atoms with Crippen molar-refractivity contribution in [3.05, 3.63) is 93.0 Å². The quantitative estimate of drug-likeness (QED) is 0.0968. The van der Waals surface area contributed by atoms with Gasteiger partial charge in [0.05, 0.1) is 42.1 Å². The molecule has 1 aliphatic heterocycles. The maximum Gasteiger partial charge on any atom is 0.469 e. The Kier molecular flexibility index (Phi) is 11.8. The minimum atomic E-state index is -4.74. The van der Waals surface area contributed by atoms with Gasteiger partial charge in [0.1, 0.15) is 29.4 Å². The molecule has 4 rings (SSSR count). The maximum absolute atomic E-state index is 15.9. The Morgan fingerprint density at radius 3 is 2.43 bits per heavy atom. The molecule has 49 heavy (non-hydrogen) atoms. The number of carbonyl (C=O) groups is 2. The molecule has 0 bridgehead atoms. The number of rotatable bonds is 11. The van der Waals surface area contributed by atoms with Crippen LogP contribution in [0, 0.1) is 28.4 Å². The SMILES string of the molecule is COc1cc(C(=O)OCCOP(=O)(O)O)ccc1NC(=O)[C@@H]1NC(CC(C)(C)C)[C@](C#N)(c2ccc(Cl)cc2F)C1c1cccc(Cl)c1F. The first-order chi connectivity index (χ1) is 22.9. The Hall–Kier alpha value is -3.60. The Bertz CT molecular complexity index is 1830. The number of esters is 1. The molecule has 0 aliphatic carbocycles. The molecule has 4 N–H and O–H groups in total. The van der Waals surface area contributed by atoms with Gasteiger partial charge in [-0.05, 0) is 53.8 Å². The monoisotopic (exact) mass is 739 g/mol. The van der Waals surface area contributed by atoms with Crippen molar-refractivity contribution in [3.8, 4) is 11.8 Å². The molecular weight excluding hydrogens is 706 g/mol. The van der Waals surface area contributed by atoms with E-state index in [1.54, 1.807) is 0 Å². The molecule has 1 amide bonds. The summed E-state index contributed by atoms with van der Waals surface area (Å²) in [6.07, 6.45) is 0.268. The van der Waals surface area contributed by atoms with Crippen LogP contribution in [0.2, 0.25) is 10.0 Å². The first-order valence-electron chi connectivity index (χ1n) is 14.8. The number of nitrogens with one attached hydrogen (secondary N) is 2. The van der Waals surface area contributed by atoms with Crippen LogP contribution in [-0.4, -0.2) is 54.1 Å². The largest absolute Gasteiger partial charge is 0.495 e. The van der Waals surface area contributed by atoms with E-state index in [4.69, 9.17) is 42.5 Å². The molecule has 1 saturated heterocycles. The van der Waals surface area contributed by atoms with Crippen molar-refractivity contribution in [3.63, 3.8) is 0 Å². The highest BCUT2D eigenvalue weighted by atomic mass is 35.5. The van der Waals surface area contributed by atoms with E-state index in [2.05, 4.69) is 21.2 Å². The molecule has 4 atom stereocenters. The predicted molar refractivity (Wildman–Crippen MR) is 178 cm³/mol. The topological polar surface area (TPSA) is 167 Å². The van der Waals surface area contributed by atoms with Gasteiger partial charge in [-0.25, -0.2) is 18.1 Å². The first kappa shape index (κ1) is 38.2. The van der Waals surface area contributed by atoms with Gasteiger partial charge < -0.3 is 29.9 Å². The lowest BCUT2D eigenvalue weighted by Gasteiger charge is -2.37. The van der Waals surface area contributed by atoms with Crippen molar-refractivity contribution in [1.29, 1.82) is 5.26 Å². The van der Waals surface area contributed by atoms with Crippen molar-refractivity contribution in [2.24, 2.45) is 5.41 Å². The summed E-state index contributed by atoms with van der Waals surface area (Å²) in [6.45, 7) is 4.74. The van der Waals surface area contributed by atoms with Crippen LogP contribution in [0.3, 0.4) is 0 Å². The smallest absolute Gasteiger partial charge is 0.469 e. The van der Waals surface area contributed by atoms with Gasteiger partial charge in [-0.3, -0.25) is 9.32 Å². The number of hydrogen-bond acceptors (Lipinski definition) is 8. The van der Waals surface area contributed by atoms with Gasteiger partial charge in [0.2, 0.25) is 5.91 Å². The number of carbonyl (C=O) groups excluding carboxylic acids is 2. The second kappa shape index (κ2) is 15.1. The molecule has 1 aliphatic rings. The normalized spacial score (nSPS) is 20.8. The van der Waals surface area contributed by atoms with Crippen LogP contribution in [0.25, 0.3) is 0 Å². The van der Waals surface area contributed by atoms with Gasteiger partial charge >= 0.3 is 13.8 Å². The number of nitrogens with zero attached hydrogens (tertiary/aromatic N) is 1. The van der Waals surface area contributed by atoms with Gasteiger partial charge in [-0.1, -0.05) is 62.2 Å². The third kappa shape index (κ3) is 8.59. The molecule has 16 heteroatoms. The number of benzene rings is 3. The molecule has 3 aromatic carbocycles. The van der Waals surface area contributed by atoms with E-state index in [9.17, 15) is 19.4 Å². The molecule has 0 saturated carbocycles. The van der Waals surface area contributed by atoms with E-state index in [0.29, 0.717) is 0 Å². The molecule has 11 nitrogen and oxygen atoms in total. The zero-order valence-corrected chi connectivity index (χ0v) is 29.2. The molecule has 1 fully saturated rings. The molecule has 1 heterocycles. The average Bonchev–Trinajstić information content (AvgIpc) is 3.33. The van der Waals surface area contributed by atoms with E-state index < -0.39 is 73.4 Å². The van der Waals surface area contributed by atoms with Crippen molar-refractivity contribution < 1.29 is 46.7 Å². The van der Waals surface area contributed by atoms with Gasteiger partial charge in [0.15, 0.2) is 0 Å². The summed E-state index contributed by atoms with van der Waals surface area (Å²) in [5, 5.41) is 16.8. The molecule has 0 radical (unpaired) electrons. The lowest BCUT2D eigenvalue weighted by atomic mass is 9.62. The van der Waals surface area contributed by atoms with E-state index >= 15 is 8.78 Å². The van der Waals surface area contributed by atoms with Crippen LogP contribution in [-0.2, 0) is 24.0 Å². The Balaban J connectivity index is 1.77. The number of hydrogen-bond donors (Lipinski definition) is 4. The van der Waals surface area contributed by atoms with Gasteiger partial charge in [0.25, 0.3) is 0 Å². The van der Waals surface area contributed by atoms with E-state index in [1.807, 2.05) is 20.8 Å². The third-order valence-electron chi connectivity index (χ3n) is 8.00. The summed E-state index contributed by atoms with van der Waals surface area (Å²) >= 11 is 12.3. The number of anilines is 1. The summed E-state index contributed by atoms with van der Waals surface area (Å²) in [7, 11) is -3.46. The second-order valence-electron chi connectivity index (χ2n) is 12.6. The summed E-state index contributed by atoms with van der Waals surface area (Å²) < 4.78 is 57.2. The fourth-order valence-corrected chi connectivity index (χ4v) is 6.72. The van der Waals surface area contributed by atoms with Crippen molar-refractivity contribution >= 4 is 48.6 Å². The number of methoxy groups -OCH3 is 1. The third-order valence-corrected chi connectivity index (χ3v) is 9.05. The van der Waals surface area contributed by atoms with Crippen LogP contribution >= 0.6 is 31.0 Å². The van der Waals surface area contributed by atoms with Gasteiger partial charge in [-0.15, -0.1) is 0 Å². The van der Waals surface area contributed by atoms with E-state index in [0.717, 1.165) is 6.07 Å². The second-order valence-corrected chi connectivity index (χ2v) is 14.6. The Labute approximate surface area is 291 Å². The Morgan fingerprint density at radius 1 is 1.10 bits per heavy atom. The number of ether oxygens (including phenoxy) is 2. The molecular formula is C33H34Cl2F2N3O8P. The zero-order chi connectivity index (χ0) is 36.3. The fraction of sp³-hybridized carbons (Fsp3) is 0.364. The van der Waals surface area contributed by atoms with Crippen LogP contribution in [0.15, 0.2) is 54.6 Å². The van der Waals surface area contributed by atoms with Crippen molar-refractivity contribution in [2.45, 2.75) is 50.6 Å². The summed E-state index contributed by atoms with van der Waals surface area (Å²) in [6, 6.07) is 12.1. The number of amides is 1. The highest BCUT2D eigenvalue weighted by Crippen LogP contribution is 2.53. The number of phosphoric acid groups is 1. The number of halogens is 4. The standard InChI is InChI=1S/C33H34Cl2F2N3O8P/c1-32(2,3)16-26-33(17-38,21-10-9-19(34)15-23(21)36)27(20-6-5-7-22(35)28(20)37)29(40-26)30(41)39-24-11-8-18(14-25(24)46-4)31(42)47-12-13-48-49(43,44)45/h5-11,14-15,26-27,29,40H,12-13,16H2,1-4H3,(H,39,41)(H2,43,44,45)/t26?,27?,29-,33+/m1/s1. The highest BCUT2D eigenvalue weighted by Gasteiger charge is 2.61. The minimum absolute atomic E-state index is 0.0177. The predicted octanol–water partition coefficient (Wildman–Crippen LogP) is 6.51. The molecule has 0 aromatic heterocycles. The average molecular weight is 741 g/mol. The molecule has 2 unspecified atom stereocenters. The lowest BCUT2D eigenvalue weighted by Crippen LogP contribution is -2.45. The van der Waals surface area contributed by atoms with Crippen molar-refractivity contribution in [2.75, 3.05) is 25.6 Å². The zero-order valence-electron chi connectivity index (χ0n) is 26.8. The summed E-state index contributed by atoms with van der Waals surface area (Å²) in [4.78, 5) is 44.3. The fourth-order valence-electron chi connectivity index (χ4n) is 6.06. The summed E-state index contributed by atoms with van der Waals surface area (Å²) in [5.41, 5.74) is -2.36. The molecule has 0 spiro atoms. The van der Waals surface area contributed by atoms with E-state index in [-0.39, 0.29) is 44.6 Å². The van der Waals surface area contributed by atoms with Gasteiger partial charge in [-0.2, -0.15) is 5.26 Å². The number of phosphoric ester groups is 1. The Morgan fingerprint density at radius 2 is 1.82 bits per heavy atom. The minimum Gasteiger partial charge on any atom is -0.495 e. The highest BCUT2D eigenvalue weighted by molar-refractivity contribution is 7.46. The van der Waals surface area contributed by atoms with Crippen LogP contribution in [0.4, 0.5) is 14.5 Å².